The maximum Gasteiger partial charge on any atom is 0.417 e. The molecule has 0 radical (unpaired) electrons. The van der Waals surface area contributed by atoms with E-state index in [0.717, 1.165) is 10.0 Å². The highest BCUT2D eigenvalue weighted by Crippen LogP contribution is 2.38. The lowest BCUT2D eigenvalue weighted by molar-refractivity contribution is 0.553. The van der Waals surface area contributed by atoms with Crippen molar-refractivity contribution in [3.63, 3.8) is 0 Å². The fraction of sp³-hybridized carbons (Fsp3) is 0.188. The monoisotopic (exact) mass is 408 g/mol. The molecule has 0 amide bonds. The largest absolute Gasteiger partial charge is 0.417 e. The number of hydrogen-bond donors (Lipinski definition) is 1. The van der Waals surface area contributed by atoms with Gasteiger partial charge in [-0.3, -0.25) is 9.29 Å². The lowest BCUT2D eigenvalue weighted by Crippen LogP contribution is -2.35. The zero-order valence-electron chi connectivity index (χ0n) is 12.6. The van der Waals surface area contributed by atoms with Gasteiger partial charge in [0.2, 0.25) is 0 Å². The molecule has 0 unspecified atom stereocenters. The maximum absolute atomic E-state index is 13.1. The minimum Gasteiger partial charge on any atom is -0.408 e. The molecular weight excluding hydrogens is 396 g/mol. The van der Waals surface area contributed by atoms with E-state index in [1.165, 1.54) is 22.5 Å². The summed E-state index contributed by atoms with van der Waals surface area (Å²) >= 11 is 3.42. The number of anilines is 1. The first-order valence-electron chi connectivity index (χ1n) is 7.32. The van der Waals surface area contributed by atoms with E-state index < -0.39 is 15.8 Å². The number of halogens is 1. The van der Waals surface area contributed by atoms with E-state index in [2.05, 4.69) is 20.9 Å². The second-order valence-corrected chi connectivity index (χ2v) is 8.53. The molecule has 124 valence electrons. The minimum absolute atomic E-state index is 0.0976. The second-order valence-electron chi connectivity index (χ2n) is 5.80. The molecule has 3 aromatic rings. The maximum atomic E-state index is 13.1. The van der Waals surface area contributed by atoms with E-state index in [9.17, 15) is 13.2 Å². The van der Waals surface area contributed by atoms with Gasteiger partial charge in [-0.2, -0.15) is 0 Å². The number of hydrogen-bond acceptors (Lipinski definition) is 4. The number of nitrogens with zero attached hydrogens (tertiary/aromatic N) is 1. The predicted molar refractivity (Wildman–Crippen MR) is 93.8 cm³/mol. The number of aromatic nitrogens is 1. The van der Waals surface area contributed by atoms with Gasteiger partial charge in [-0.15, -0.1) is 0 Å². The molecule has 0 fully saturated rings. The van der Waals surface area contributed by atoms with Crippen molar-refractivity contribution >= 4 is 42.7 Å². The number of oxazole rings is 1. The molecule has 24 heavy (non-hydrogen) atoms. The van der Waals surface area contributed by atoms with Crippen LogP contribution in [0, 0.1) is 0 Å². The molecule has 0 aliphatic carbocycles. The van der Waals surface area contributed by atoms with Crippen molar-refractivity contribution in [2.24, 2.45) is 0 Å². The Labute approximate surface area is 146 Å². The molecule has 1 aliphatic rings. The van der Waals surface area contributed by atoms with Gasteiger partial charge in [-0.1, -0.05) is 15.9 Å². The quantitative estimate of drug-likeness (QED) is 0.706. The van der Waals surface area contributed by atoms with Crippen LogP contribution in [0.3, 0.4) is 0 Å². The van der Waals surface area contributed by atoms with Crippen molar-refractivity contribution in [2.45, 2.75) is 24.3 Å². The molecule has 6 nitrogen and oxygen atoms in total. The molecule has 0 saturated carbocycles. The summed E-state index contributed by atoms with van der Waals surface area (Å²) in [5, 5.41) is 0. The highest BCUT2D eigenvalue weighted by Gasteiger charge is 2.36. The van der Waals surface area contributed by atoms with Gasteiger partial charge >= 0.3 is 5.76 Å². The summed E-state index contributed by atoms with van der Waals surface area (Å²) in [6, 6.07) is 9.78. The van der Waals surface area contributed by atoms with Crippen LogP contribution in [0.1, 0.15) is 12.5 Å². The Kier molecular flexibility index (Phi) is 3.36. The van der Waals surface area contributed by atoms with E-state index in [1.807, 2.05) is 19.1 Å². The third kappa shape index (κ3) is 2.29. The minimum atomic E-state index is -3.75. The average molecular weight is 409 g/mol. The summed E-state index contributed by atoms with van der Waals surface area (Å²) in [5.74, 6) is -0.607. The second kappa shape index (κ2) is 5.22. The molecule has 0 saturated heterocycles. The van der Waals surface area contributed by atoms with Crippen LogP contribution in [-0.4, -0.2) is 19.4 Å². The number of sulfonamides is 1. The Hall–Kier alpha value is -2.06. The standard InChI is InChI=1S/C16H13BrN2O4S/c1-9-6-10-7-11(17)2-5-14(10)19(9)24(21,22)12-3-4-13-15(8-12)23-16(20)18-13/h2-5,7-9H,6H2,1H3,(H,18,20)/t9-/m1/s1. The van der Waals surface area contributed by atoms with Gasteiger partial charge in [-0.25, -0.2) is 13.2 Å². The van der Waals surface area contributed by atoms with Gasteiger partial charge in [0.1, 0.15) is 0 Å². The van der Waals surface area contributed by atoms with E-state index >= 15 is 0 Å². The number of H-pyrrole nitrogens is 1. The molecule has 0 spiro atoms. The number of aromatic amines is 1. The van der Waals surface area contributed by atoms with Crippen LogP contribution in [0.2, 0.25) is 0 Å². The summed E-state index contributed by atoms with van der Waals surface area (Å²) in [6.07, 6.45) is 0.648. The fourth-order valence-electron chi connectivity index (χ4n) is 3.14. The van der Waals surface area contributed by atoms with Crippen molar-refractivity contribution in [1.29, 1.82) is 0 Å². The van der Waals surface area contributed by atoms with Crippen LogP contribution in [0.15, 0.2) is 55.0 Å². The Balaban J connectivity index is 1.86. The Morgan fingerprint density at radius 2 is 2.04 bits per heavy atom. The first kappa shape index (κ1) is 15.5. The topological polar surface area (TPSA) is 83.4 Å². The third-order valence-corrected chi connectivity index (χ3v) is 6.56. The normalized spacial score (nSPS) is 17.4. The lowest BCUT2D eigenvalue weighted by Gasteiger charge is -2.24. The lowest BCUT2D eigenvalue weighted by atomic mass is 10.1. The first-order chi connectivity index (χ1) is 11.4. The molecule has 8 heteroatoms. The number of benzene rings is 2. The van der Waals surface area contributed by atoms with E-state index in [4.69, 9.17) is 4.42 Å². The molecule has 1 aromatic heterocycles. The van der Waals surface area contributed by atoms with Gasteiger partial charge < -0.3 is 4.42 Å². The Morgan fingerprint density at radius 3 is 2.83 bits per heavy atom. The molecule has 1 atom stereocenters. The molecular formula is C16H13BrN2O4S. The number of fused-ring (bicyclic) bond motifs is 2. The van der Waals surface area contributed by atoms with Gasteiger partial charge in [0.25, 0.3) is 10.0 Å². The third-order valence-electron chi connectivity index (χ3n) is 4.14. The Morgan fingerprint density at radius 1 is 1.25 bits per heavy atom. The molecule has 2 heterocycles. The fourth-order valence-corrected chi connectivity index (χ4v) is 5.25. The van der Waals surface area contributed by atoms with Crippen LogP contribution >= 0.6 is 15.9 Å². The number of rotatable bonds is 2. The molecule has 4 rings (SSSR count). The summed E-state index contributed by atoms with van der Waals surface area (Å²) in [7, 11) is -3.75. The van der Waals surface area contributed by atoms with Crippen molar-refractivity contribution in [1.82, 2.24) is 4.98 Å². The van der Waals surface area contributed by atoms with Crippen LogP contribution in [0.25, 0.3) is 11.1 Å². The van der Waals surface area contributed by atoms with Gasteiger partial charge in [-0.05, 0) is 49.2 Å². The van der Waals surface area contributed by atoms with Gasteiger partial charge in [0.15, 0.2) is 5.58 Å². The summed E-state index contributed by atoms with van der Waals surface area (Å²) in [5.41, 5.74) is 2.36. The average Bonchev–Trinajstić information content (AvgIpc) is 3.03. The van der Waals surface area contributed by atoms with Crippen molar-refractivity contribution in [2.75, 3.05) is 4.31 Å². The van der Waals surface area contributed by atoms with Crippen LogP contribution in [0.4, 0.5) is 5.69 Å². The van der Waals surface area contributed by atoms with E-state index in [0.29, 0.717) is 17.6 Å². The van der Waals surface area contributed by atoms with Crippen LogP contribution < -0.4 is 10.1 Å². The first-order valence-corrected chi connectivity index (χ1v) is 9.55. The van der Waals surface area contributed by atoms with Crippen molar-refractivity contribution in [3.8, 4) is 0 Å². The van der Waals surface area contributed by atoms with Gasteiger partial charge in [0.05, 0.1) is 16.1 Å². The van der Waals surface area contributed by atoms with Crippen molar-refractivity contribution in [3.05, 3.63) is 57.0 Å². The predicted octanol–water partition coefficient (Wildman–Crippen LogP) is 3.02. The number of nitrogens with one attached hydrogen (secondary N) is 1. The summed E-state index contributed by atoms with van der Waals surface area (Å²) in [4.78, 5) is 13.9. The zero-order valence-corrected chi connectivity index (χ0v) is 15.0. The van der Waals surface area contributed by atoms with E-state index in [1.54, 1.807) is 6.07 Å². The Bertz CT molecular complexity index is 1120. The molecule has 0 bridgehead atoms. The molecule has 2 aromatic carbocycles. The highest BCUT2D eigenvalue weighted by atomic mass is 79.9. The van der Waals surface area contributed by atoms with Crippen molar-refractivity contribution < 1.29 is 12.8 Å². The molecule has 1 aliphatic heterocycles. The highest BCUT2D eigenvalue weighted by molar-refractivity contribution is 9.10. The zero-order chi connectivity index (χ0) is 17.1. The summed E-state index contributed by atoms with van der Waals surface area (Å²) < 4.78 is 33.6. The van der Waals surface area contributed by atoms with Gasteiger partial charge in [0, 0.05) is 16.6 Å². The van der Waals surface area contributed by atoms with Crippen LogP contribution in [0.5, 0.6) is 0 Å². The SMILES string of the molecule is C[C@@H]1Cc2cc(Br)ccc2N1S(=O)(=O)c1ccc2[nH]c(=O)oc2c1. The van der Waals surface area contributed by atoms with E-state index in [-0.39, 0.29) is 16.5 Å². The summed E-state index contributed by atoms with van der Waals surface area (Å²) in [6.45, 7) is 1.88. The molecule has 1 N–H and O–H groups in total. The smallest absolute Gasteiger partial charge is 0.408 e. The van der Waals surface area contributed by atoms with Crippen LogP contribution in [-0.2, 0) is 16.4 Å².